The molecule has 0 aliphatic rings. The topological polar surface area (TPSA) is 30.5 Å². The molecule has 0 spiro atoms. The summed E-state index contributed by atoms with van der Waals surface area (Å²) in [7, 11) is 1.66. The Bertz CT molecular complexity index is 335. The first-order valence-corrected chi connectivity index (χ1v) is 5.86. The number of benzene rings is 1. The van der Waals surface area contributed by atoms with E-state index in [2.05, 4.69) is 5.32 Å². The number of methoxy groups -OCH3 is 1. The molecule has 1 aromatic rings. The highest BCUT2D eigenvalue weighted by molar-refractivity contribution is 5.26. The molecule has 0 radical (unpaired) electrons. The van der Waals surface area contributed by atoms with Crippen LogP contribution in [0.4, 0.5) is 8.78 Å². The van der Waals surface area contributed by atoms with Crippen LogP contribution in [-0.4, -0.2) is 33.3 Å². The van der Waals surface area contributed by atoms with Crippen molar-refractivity contribution in [3.8, 4) is 0 Å². The Hall–Kier alpha value is -1.04. The second-order valence-corrected chi connectivity index (χ2v) is 3.84. The fourth-order valence-electron chi connectivity index (χ4n) is 1.57. The van der Waals surface area contributed by atoms with Crippen molar-refractivity contribution >= 4 is 0 Å². The number of nitrogens with one attached hydrogen (secondary N) is 1. The summed E-state index contributed by atoms with van der Waals surface area (Å²) in [6.45, 7) is 1.59. The van der Waals surface area contributed by atoms with Gasteiger partial charge in [0.2, 0.25) is 0 Å². The van der Waals surface area contributed by atoms with E-state index in [1.54, 1.807) is 7.11 Å². The molecule has 0 unspecified atom stereocenters. The van der Waals surface area contributed by atoms with Crippen molar-refractivity contribution in [1.29, 1.82) is 0 Å². The molecule has 0 aliphatic heterocycles. The third-order valence-electron chi connectivity index (χ3n) is 2.40. The molecule has 0 amide bonds. The number of halogens is 2. The molecule has 102 valence electrons. The molecule has 0 heterocycles. The standard InChI is InChI=1S/C13H19F2NO2/c1-17-9-12-5-3-2-4-11(12)8-16-6-7-18-10-13(14)15/h2-5,13,16H,6-10H2,1H3. The number of hydrogen-bond acceptors (Lipinski definition) is 3. The second kappa shape index (κ2) is 8.97. The summed E-state index contributed by atoms with van der Waals surface area (Å²) in [6, 6.07) is 7.95. The number of ether oxygens (including phenoxy) is 2. The lowest BCUT2D eigenvalue weighted by Crippen LogP contribution is -2.21. The van der Waals surface area contributed by atoms with Gasteiger partial charge in [0.15, 0.2) is 0 Å². The Labute approximate surface area is 106 Å². The predicted octanol–water partition coefficient (Wildman–Crippen LogP) is 2.20. The van der Waals surface area contributed by atoms with Gasteiger partial charge in [0, 0.05) is 20.2 Å². The van der Waals surface area contributed by atoms with Crippen LogP contribution in [-0.2, 0) is 22.6 Å². The van der Waals surface area contributed by atoms with Crippen molar-refractivity contribution < 1.29 is 18.3 Å². The fraction of sp³-hybridized carbons (Fsp3) is 0.538. The SMILES string of the molecule is COCc1ccccc1CNCCOCC(F)F. The maximum absolute atomic E-state index is 11.8. The molecule has 5 heteroatoms. The van der Waals surface area contributed by atoms with E-state index in [1.165, 1.54) is 0 Å². The molecule has 0 aromatic heterocycles. The molecule has 1 N–H and O–H groups in total. The van der Waals surface area contributed by atoms with E-state index >= 15 is 0 Å². The van der Waals surface area contributed by atoms with Gasteiger partial charge < -0.3 is 14.8 Å². The van der Waals surface area contributed by atoms with Gasteiger partial charge in [-0.1, -0.05) is 24.3 Å². The first-order valence-electron chi connectivity index (χ1n) is 5.86. The molecule has 0 saturated carbocycles. The maximum Gasteiger partial charge on any atom is 0.261 e. The average Bonchev–Trinajstić information content (AvgIpc) is 2.35. The highest BCUT2D eigenvalue weighted by Crippen LogP contribution is 2.09. The van der Waals surface area contributed by atoms with E-state index in [0.29, 0.717) is 19.7 Å². The zero-order valence-corrected chi connectivity index (χ0v) is 10.5. The lowest BCUT2D eigenvalue weighted by atomic mass is 10.1. The lowest BCUT2D eigenvalue weighted by molar-refractivity contribution is 0.0187. The summed E-state index contributed by atoms with van der Waals surface area (Å²) < 4.78 is 33.5. The largest absolute Gasteiger partial charge is 0.380 e. The Balaban J connectivity index is 2.22. The Kier molecular flexibility index (Phi) is 7.48. The number of alkyl halides is 2. The minimum absolute atomic E-state index is 0.288. The third kappa shape index (κ3) is 6.05. The molecule has 0 bridgehead atoms. The molecule has 0 saturated heterocycles. The van der Waals surface area contributed by atoms with Crippen LogP contribution in [0, 0.1) is 0 Å². The van der Waals surface area contributed by atoms with Gasteiger partial charge in [-0.15, -0.1) is 0 Å². The zero-order chi connectivity index (χ0) is 13.2. The minimum Gasteiger partial charge on any atom is -0.380 e. The van der Waals surface area contributed by atoms with Crippen molar-refractivity contribution in [2.24, 2.45) is 0 Å². The highest BCUT2D eigenvalue weighted by Gasteiger charge is 2.02. The van der Waals surface area contributed by atoms with E-state index in [4.69, 9.17) is 9.47 Å². The molecule has 0 atom stereocenters. The van der Waals surface area contributed by atoms with Gasteiger partial charge in [-0.2, -0.15) is 0 Å². The van der Waals surface area contributed by atoms with Gasteiger partial charge >= 0.3 is 0 Å². The summed E-state index contributed by atoms with van der Waals surface area (Å²) in [5.41, 5.74) is 2.27. The third-order valence-corrected chi connectivity index (χ3v) is 2.40. The molecular formula is C13H19F2NO2. The Morgan fingerprint density at radius 2 is 1.94 bits per heavy atom. The van der Waals surface area contributed by atoms with E-state index in [9.17, 15) is 8.78 Å². The van der Waals surface area contributed by atoms with E-state index < -0.39 is 13.0 Å². The molecule has 0 fully saturated rings. The summed E-state index contributed by atoms with van der Waals surface area (Å²) >= 11 is 0. The van der Waals surface area contributed by atoms with Crippen LogP contribution in [0.1, 0.15) is 11.1 Å². The summed E-state index contributed by atoms with van der Waals surface area (Å²) in [6.07, 6.45) is -2.40. The van der Waals surface area contributed by atoms with Gasteiger partial charge in [0.1, 0.15) is 6.61 Å². The highest BCUT2D eigenvalue weighted by atomic mass is 19.3. The summed E-state index contributed by atoms with van der Waals surface area (Å²) in [5, 5.41) is 3.15. The summed E-state index contributed by atoms with van der Waals surface area (Å²) in [4.78, 5) is 0. The van der Waals surface area contributed by atoms with Crippen LogP contribution in [0.15, 0.2) is 24.3 Å². The second-order valence-electron chi connectivity index (χ2n) is 3.84. The molecule has 18 heavy (non-hydrogen) atoms. The monoisotopic (exact) mass is 259 g/mol. The summed E-state index contributed by atoms with van der Waals surface area (Å²) in [5.74, 6) is 0. The average molecular weight is 259 g/mol. The van der Waals surface area contributed by atoms with Crippen molar-refractivity contribution in [3.63, 3.8) is 0 Å². The molecule has 1 aromatic carbocycles. The Morgan fingerprint density at radius 3 is 2.61 bits per heavy atom. The lowest BCUT2D eigenvalue weighted by Gasteiger charge is -2.10. The van der Waals surface area contributed by atoms with Crippen LogP contribution >= 0.6 is 0 Å². The molecule has 0 aliphatic carbocycles. The normalized spacial score (nSPS) is 11.1. The van der Waals surface area contributed by atoms with Gasteiger partial charge in [-0.25, -0.2) is 8.78 Å². The first kappa shape index (κ1) is 15.0. The minimum atomic E-state index is -2.40. The predicted molar refractivity (Wildman–Crippen MR) is 65.7 cm³/mol. The quantitative estimate of drug-likeness (QED) is 0.690. The van der Waals surface area contributed by atoms with Crippen molar-refractivity contribution in [2.45, 2.75) is 19.6 Å². The Morgan fingerprint density at radius 1 is 1.22 bits per heavy atom. The van der Waals surface area contributed by atoms with E-state index in [0.717, 1.165) is 11.1 Å². The van der Waals surface area contributed by atoms with Crippen LogP contribution < -0.4 is 5.32 Å². The van der Waals surface area contributed by atoms with Gasteiger partial charge in [-0.3, -0.25) is 0 Å². The maximum atomic E-state index is 11.8. The first-order chi connectivity index (χ1) is 8.74. The van der Waals surface area contributed by atoms with E-state index in [-0.39, 0.29) is 6.61 Å². The van der Waals surface area contributed by atoms with Crippen molar-refractivity contribution in [2.75, 3.05) is 26.9 Å². The number of hydrogen-bond donors (Lipinski definition) is 1. The molecular weight excluding hydrogens is 240 g/mol. The van der Waals surface area contributed by atoms with Crippen LogP contribution in [0.2, 0.25) is 0 Å². The van der Waals surface area contributed by atoms with Gasteiger partial charge in [0.05, 0.1) is 13.2 Å². The molecule has 3 nitrogen and oxygen atoms in total. The molecule has 1 rings (SSSR count). The smallest absolute Gasteiger partial charge is 0.261 e. The zero-order valence-electron chi connectivity index (χ0n) is 10.5. The van der Waals surface area contributed by atoms with Crippen LogP contribution in [0.5, 0.6) is 0 Å². The van der Waals surface area contributed by atoms with Crippen LogP contribution in [0.25, 0.3) is 0 Å². The van der Waals surface area contributed by atoms with Crippen LogP contribution in [0.3, 0.4) is 0 Å². The van der Waals surface area contributed by atoms with Gasteiger partial charge in [-0.05, 0) is 11.1 Å². The van der Waals surface area contributed by atoms with Crippen molar-refractivity contribution in [3.05, 3.63) is 35.4 Å². The van der Waals surface area contributed by atoms with Crippen molar-refractivity contribution in [1.82, 2.24) is 5.32 Å². The number of rotatable bonds is 9. The van der Waals surface area contributed by atoms with Gasteiger partial charge in [0.25, 0.3) is 6.43 Å². The van der Waals surface area contributed by atoms with E-state index in [1.807, 2.05) is 24.3 Å². The fourth-order valence-corrected chi connectivity index (χ4v) is 1.57.